The van der Waals surface area contributed by atoms with Crippen LogP contribution in [0.2, 0.25) is 0 Å². The van der Waals surface area contributed by atoms with E-state index in [0.29, 0.717) is 12.1 Å². The van der Waals surface area contributed by atoms with Crippen LogP contribution in [0.1, 0.15) is 36.7 Å². The van der Waals surface area contributed by atoms with Crippen molar-refractivity contribution in [3.8, 4) is 0 Å². The summed E-state index contributed by atoms with van der Waals surface area (Å²) >= 11 is 2.88. The Morgan fingerprint density at radius 1 is 1.24 bits per heavy atom. The van der Waals surface area contributed by atoms with E-state index in [4.69, 9.17) is 0 Å². The highest BCUT2D eigenvalue weighted by molar-refractivity contribution is 8.02. The number of carbonyl (C=O) groups excluding carboxylic acids is 2. The molecule has 25 heavy (non-hydrogen) atoms. The van der Waals surface area contributed by atoms with Gasteiger partial charge < -0.3 is 10.6 Å². The fraction of sp³-hybridized carbons (Fsp3) is 0.412. The summed E-state index contributed by atoms with van der Waals surface area (Å²) < 4.78 is 0.781. The molecule has 1 amide bonds. The Bertz CT molecular complexity index is 716. The summed E-state index contributed by atoms with van der Waals surface area (Å²) in [5.74, 6) is 0.0326. The number of amides is 1. The van der Waals surface area contributed by atoms with Gasteiger partial charge in [-0.05, 0) is 25.8 Å². The Balaban J connectivity index is 1.90. The number of ketones is 1. The van der Waals surface area contributed by atoms with Gasteiger partial charge in [0.1, 0.15) is 0 Å². The molecular formula is C17H22N4O2S2. The van der Waals surface area contributed by atoms with Gasteiger partial charge >= 0.3 is 0 Å². The van der Waals surface area contributed by atoms with E-state index in [1.165, 1.54) is 30.0 Å². The van der Waals surface area contributed by atoms with Gasteiger partial charge in [0.15, 0.2) is 10.1 Å². The number of carbonyl (C=O) groups is 2. The summed E-state index contributed by atoms with van der Waals surface area (Å²) in [6, 6.07) is 7.54. The second kappa shape index (κ2) is 9.53. The molecule has 0 saturated heterocycles. The Morgan fingerprint density at radius 2 is 1.96 bits per heavy atom. The summed E-state index contributed by atoms with van der Waals surface area (Å²) in [6.07, 6.45) is 0.746. The second-order valence-electron chi connectivity index (χ2n) is 5.46. The van der Waals surface area contributed by atoms with Crippen molar-refractivity contribution < 1.29 is 9.59 Å². The zero-order valence-corrected chi connectivity index (χ0v) is 16.2. The summed E-state index contributed by atoms with van der Waals surface area (Å²) in [6.45, 7) is 6.77. The predicted octanol–water partition coefficient (Wildman–Crippen LogP) is 3.01. The molecule has 0 radical (unpaired) electrons. The molecule has 0 unspecified atom stereocenters. The number of thioether (sulfide) groups is 1. The van der Waals surface area contributed by atoms with Crippen molar-refractivity contribution in [3.63, 3.8) is 0 Å². The third kappa shape index (κ3) is 6.13. The lowest BCUT2D eigenvalue weighted by molar-refractivity contribution is -0.118. The molecule has 134 valence electrons. The summed E-state index contributed by atoms with van der Waals surface area (Å²) in [5.41, 5.74) is 1.77. The summed E-state index contributed by atoms with van der Waals surface area (Å²) in [7, 11) is 0. The SMILES string of the molecule is CCNc1nnc(S[C@H](C)C(=O)c2ccc(CCNC(C)=O)cc2)s1. The van der Waals surface area contributed by atoms with Crippen molar-refractivity contribution in [1.29, 1.82) is 0 Å². The van der Waals surface area contributed by atoms with E-state index in [1.54, 1.807) is 0 Å². The average Bonchev–Trinajstić information content (AvgIpc) is 3.02. The van der Waals surface area contributed by atoms with Crippen molar-refractivity contribution >= 4 is 39.9 Å². The van der Waals surface area contributed by atoms with Gasteiger partial charge in [-0.1, -0.05) is 47.4 Å². The van der Waals surface area contributed by atoms with Crippen LogP contribution < -0.4 is 10.6 Å². The molecule has 0 saturated carbocycles. The molecule has 8 heteroatoms. The number of benzene rings is 1. The van der Waals surface area contributed by atoms with E-state index in [0.717, 1.165) is 28.0 Å². The Morgan fingerprint density at radius 3 is 2.60 bits per heavy atom. The van der Waals surface area contributed by atoms with Crippen LogP contribution in [0.4, 0.5) is 5.13 Å². The molecular weight excluding hydrogens is 356 g/mol. The first-order valence-electron chi connectivity index (χ1n) is 8.11. The normalized spacial score (nSPS) is 11.8. The van der Waals surface area contributed by atoms with Crippen LogP contribution in [0.3, 0.4) is 0 Å². The number of hydrogen-bond donors (Lipinski definition) is 2. The van der Waals surface area contributed by atoms with Gasteiger partial charge in [0.25, 0.3) is 0 Å². The molecule has 0 aliphatic carbocycles. The van der Waals surface area contributed by atoms with Crippen LogP contribution in [-0.2, 0) is 11.2 Å². The highest BCUT2D eigenvalue weighted by Crippen LogP contribution is 2.30. The first kappa shape index (κ1) is 19.4. The molecule has 1 aromatic heterocycles. The zero-order chi connectivity index (χ0) is 18.2. The minimum absolute atomic E-state index is 0.0355. The fourth-order valence-corrected chi connectivity index (χ4v) is 4.18. The smallest absolute Gasteiger partial charge is 0.216 e. The minimum atomic E-state index is -0.229. The van der Waals surface area contributed by atoms with Gasteiger partial charge in [-0.2, -0.15) is 0 Å². The largest absolute Gasteiger partial charge is 0.360 e. The average molecular weight is 379 g/mol. The number of nitrogens with zero attached hydrogens (tertiary/aromatic N) is 2. The molecule has 0 aliphatic rings. The maximum Gasteiger partial charge on any atom is 0.216 e. The zero-order valence-electron chi connectivity index (χ0n) is 14.5. The first-order valence-corrected chi connectivity index (χ1v) is 9.80. The maximum absolute atomic E-state index is 12.6. The molecule has 2 N–H and O–H groups in total. The van der Waals surface area contributed by atoms with Crippen LogP contribution in [0.25, 0.3) is 0 Å². The Hall–Kier alpha value is -1.93. The standard InChI is InChI=1S/C17H22N4O2S2/c1-4-18-16-20-21-17(25-16)24-11(2)15(23)14-7-5-13(6-8-14)9-10-19-12(3)22/h5-8,11H,4,9-10H2,1-3H3,(H,18,20)(H,19,22)/t11-/m1/s1. The molecule has 1 heterocycles. The Labute approximate surface area is 155 Å². The molecule has 2 aromatic rings. The summed E-state index contributed by atoms with van der Waals surface area (Å²) in [5, 5.41) is 14.6. The number of anilines is 1. The lowest BCUT2D eigenvalue weighted by atomic mass is 10.0. The van der Waals surface area contributed by atoms with Gasteiger partial charge in [0, 0.05) is 25.6 Å². The van der Waals surface area contributed by atoms with E-state index in [1.807, 2.05) is 38.1 Å². The molecule has 2 rings (SSSR count). The lowest BCUT2D eigenvalue weighted by Gasteiger charge is -2.09. The van der Waals surface area contributed by atoms with Crippen molar-refractivity contribution in [3.05, 3.63) is 35.4 Å². The molecule has 0 spiro atoms. The third-order valence-electron chi connectivity index (χ3n) is 3.41. The minimum Gasteiger partial charge on any atom is -0.360 e. The van der Waals surface area contributed by atoms with Crippen LogP contribution in [0.15, 0.2) is 28.6 Å². The molecule has 6 nitrogen and oxygen atoms in total. The van der Waals surface area contributed by atoms with Crippen molar-refractivity contribution in [2.45, 2.75) is 36.8 Å². The second-order valence-corrected chi connectivity index (χ2v) is 8.02. The van der Waals surface area contributed by atoms with Gasteiger partial charge in [0.05, 0.1) is 5.25 Å². The van der Waals surface area contributed by atoms with Crippen molar-refractivity contribution in [1.82, 2.24) is 15.5 Å². The quantitative estimate of drug-likeness (QED) is 0.515. The summed E-state index contributed by atoms with van der Waals surface area (Å²) in [4.78, 5) is 23.4. The van der Waals surface area contributed by atoms with Crippen LogP contribution in [0, 0.1) is 0 Å². The third-order valence-corrected chi connectivity index (χ3v) is 5.47. The molecule has 1 atom stereocenters. The van der Waals surface area contributed by atoms with Crippen molar-refractivity contribution in [2.24, 2.45) is 0 Å². The maximum atomic E-state index is 12.6. The van der Waals surface area contributed by atoms with Crippen LogP contribution in [0.5, 0.6) is 0 Å². The number of hydrogen-bond acceptors (Lipinski definition) is 7. The van der Waals surface area contributed by atoms with Gasteiger partial charge in [-0.3, -0.25) is 9.59 Å². The topological polar surface area (TPSA) is 84.0 Å². The highest BCUT2D eigenvalue weighted by atomic mass is 32.2. The van der Waals surface area contributed by atoms with Crippen molar-refractivity contribution in [2.75, 3.05) is 18.4 Å². The van der Waals surface area contributed by atoms with Gasteiger partial charge in [-0.25, -0.2) is 0 Å². The number of aromatic nitrogens is 2. The number of rotatable bonds is 9. The fourth-order valence-electron chi connectivity index (χ4n) is 2.14. The van der Waals surface area contributed by atoms with Crippen LogP contribution in [-0.4, -0.2) is 40.2 Å². The highest BCUT2D eigenvalue weighted by Gasteiger charge is 2.18. The van der Waals surface area contributed by atoms with Gasteiger partial charge in [0.2, 0.25) is 11.0 Å². The van der Waals surface area contributed by atoms with Gasteiger partial charge in [-0.15, -0.1) is 10.2 Å². The van der Waals surface area contributed by atoms with E-state index < -0.39 is 0 Å². The lowest BCUT2D eigenvalue weighted by Crippen LogP contribution is -2.22. The molecule has 0 aliphatic heterocycles. The van der Waals surface area contributed by atoms with E-state index >= 15 is 0 Å². The predicted molar refractivity (Wildman–Crippen MR) is 103 cm³/mol. The first-order chi connectivity index (χ1) is 12.0. The number of Topliss-reactive ketones (excluding diaryl/α,β-unsaturated/α-hetero) is 1. The molecule has 0 fully saturated rings. The number of nitrogens with one attached hydrogen (secondary N) is 2. The van der Waals surface area contributed by atoms with Crippen LogP contribution >= 0.6 is 23.1 Å². The van der Waals surface area contributed by atoms with E-state index in [2.05, 4.69) is 20.8 Å². The monoisotopic (exact) mass is 378 g/mol. The van der Waals surface area contributed by atoms with E-state index in [-0.39, 0.29) is 16.9 Å². The molecule has 1 aromatic carbocycles. The molecule has 0 bridgehead atoms. The Kier molecular flexibility index (Phi) is 7.39. The van der Waals surface area contributed by atoms with E-state index in [9.17, 15) is 9.59 Å².